The van der Waals surface area contributed by atoms with E-state index in [1.54, 1.807) is 14.2 Å². The van der Waals surface area contributed by atoms with E-state index in [-0.39, 0.29) is 0 Å². The zero-order valence-electron chi connectivity index (χ0n) is 13.0. The average Bonchev–Trinajstić information content (AvgIpc) is 2.58. The van der Waals surface area contributed by atoms with Crippen LogP contribution in [0.15, 0.2) is 24.0 Å². The largest absolute Gasteiger partial charge is 0.486 e. The Morgan fingerprint density at radius 3 is 2.65 bits per heavy atom. The number of benzene rings is 1. The smallest absolute Gasteiger partial charge is 0.228 e. The Bertz CT molecular complexity index is 786. The van der Waals surface area contributed by atoms with Crippen molar-refractivity contribution in [3.63, 3.8) is 0 Å². The first-order valence-electron chi connectivity index (χ1n) is 7.42. The molecule has 1 aromatic carbocycles. The third-order valence-electron chi connectivity index (χ3n) is 3.85. The van der Waals surface area contributed by atoms with Gasteiger partial charge in [0.2, 0.25) is 6.29 Å². The van der Waals surface area contributed by atoms with Crippen molar-refractivity contribution in [3.8, 4) is 11.5 Å². The zero-order valence-corrected chi connectivity index (χ0v) is 13.0. The summed E-state index contributed by atoms with van der Waals surface area (Å²) in [4.78, 5) is 4.73. The quantitative estimate of drug-likeness (QED) is 0.868. The van der Waals surface area contributed by atoms with Gasteiger partial charge in [0.1, 0.15) is 25.6 Å². The Balaban J connectivity index is 1.86. The molecule has 0 aliphatic carbocycles. The van der Waals surface area contributed by atoms with Crippen molar-refractivity contribution in [3.05, 3.63) is 35.2 Å². The normalized spacial score (nSPS) is 19.0. The summed E-state index contributed by atoms with van der Waals surface area (Å²) in [6, 6.07) is 5.87. The standard InChI is InChI=1S/C17H17NO5/c1-19-9-11-7-14-12(17(20-2)23-11)5-10-6-15-16(8-13(10)18-14)22-4-3-21-15/h5-8,17H,3-4,9H2,1-2H3. The number of fused-ring (bicyclic) bond motifs is 3. The van der Waals surface area contributed by atoms with E-state index >= 15 is 0 Å². The van der Waals surface area contributed by atoms with Crippen LogP contribution in [0.1, 0.15) is 17.5 Å². The van der Waals surface area contributed by atoms with Gasteiger partial charge in [-0.15, -0.1) is 0 Å². The van der Waals surface area contributed by atoms with Crippen LogP contribution < -0.4 is 9.47 Å². The van der Waals surface area contributed by atoms with Crippen molar-refractivity contribution >= 4 is 17.0 Å². The molecule has 0 saturated heterocycles. The summed E-state index contributed by atoms with van der Waals surface area (Å²) in [5, 5.41) is 0.960. The maximum absolute atomic E-state index is 5.78. The van der Waals surface area contributed by atoms with Gasteiger partial charge in [-0.2, -0.15) is 0 Å². The molecule has 0 spiro atoms. The van der Waals surface area contributed by atoms with Crippen molar-refractivity contribution in [2.75, 3.05) is 34.0 Å². The van der Waals surface area contributed by atoms with E-state index in [2.05, 4.69) is 0 Å². The van der Waals surface area contributed by atoms with Crippen LogP contribution in [0.3, 0.4) is 0 Å². The van der Waals surface area contributed by atoms with Crippen molar-refractivity contribution < 1.29 is 23.7 Å². The van der Waals surface area contributed by atoms with Gasteiger partial charge in [0.05, 0.1) is 11.2 Å². The molecule has 23 heavy (non-hydrogen) atoms. The molecule has 120 valence electrons. The average molecular weight is 315 g/mol. The second-order valence-corrected chi connectivity index (χ2v) is 5.38. The Morgan fingerprint density at radius 2 is 1.91 bits per heavy atom. The van der Waals surface area contributed by atoms with Crippen molar-refractivity contribution in [2.24, 2.45) is 0 Å². The predicted octanol–water partition coefficient (Wildman–Crippen LogP) is 2.67. The molecule has 1 aromatic heterocycles. The second kappa shape index (κ2) is 5.72. The summed E-state index contributed by atoms with van der Waals surface area (Å²) in [6.45, 7) is 1.49. The van der Waals surface area contributed by atoms with E-state index in [4.69, 9.17) is 28.7 Å². The van der Waals surface area contributed by atoms with Crippen molar-refractivity contribution in [1.29, 1.82) is 0 Å². The molecule has 3 heterocycles. The molecule has 0 radical (unpaired) electrons. The monoisotopic (exact) mass is 315 g/mol. The van der Waals surface area contributed by atoms with Gasteiger partial charge in [0.15, 0.2) is 11.5 Å². The van der Waals surface area contributed by atoms with E-state index in [9.17, 15) is 0 Å². The molecular weight excluding hydrogens is 298 g/mol. The van der Waals surface area contributed by atoms with Gasteiger partial charge in [-0.3, -0.25) is 0 Å². The number of hydrogen-bond donors (Lipinski definition) is 0. The summed E-state index contributed by atoms with van der Waals surface area (Å²) in [7, 11) is 3.23. The molecular formula is C17H17NO5. The van der Waals surface area contributed by atoms with Crippen LogP contribution >= 0.6 is 0 Å². The highest BCUT2D eigenvalue weighted by atomic mass is 16.7. The van der Waals surface area contributed by atoms with Crippen molar-refractivity contribution in [2.45, 2.75) is 6.29 Å². The van der Waals surface area contributed by atoms with Crippen LogP contribution in [0.25, 0.3) is 17.0 Å². The Morgan fingerprint density at radius 1 is 1.13 bits per heavy atom. The fourth-order valence-corrected chi connectivity index (χ4v) is 2.83. The maximum Gasteiger partial charge on any atom is 0.228 e. The second-order valence-electron chi connectivity index (χ2n) is 5.38. The third kappa shape index (κ3) is 2.50. The fraction of sp³-hybridized carbons (Fsp3) is 0.353. The third-order valence-corrected chi connectivity index (χ3v) is 3.85. The van der Waals surface area contributed by atoms with E-state index in [1.807, 2.05) is 24.3 Å². The minimum atomic E-state index is -0.495. The van der Waals surface area contributed by atoms with Gasteiger partial charge in [0.25, 0.3) is 0 Å². The molecule has 6 heteroatoms. The summed E-state index contributed by atoms with van der Waals surface area (Å²) in [5.74, 6) is 2.16. The maximum atomic E-state index is 5.78. The zero-order chi connectivity index (χ0) is 15.8. The highest BCUT2D eigenvalue weighted by molar-refractivity contribution is 5.85. The summed E-state index contributed by atoms with van der Waals surface area (Å²) >= 11 is 0. The lowest BCUT2D eigenvalue weighted by Crippen LogP contribution is -2.17. The van der Waals surface area contributed by atoms with E-state index < -0.39 is 6.29 Å². The first-order valence-corrected chi connectivity index (χ1v) is 7.42. The van der Waals surface area contributed by atoms with E-state index in [0.717, 1.165) is 33.7 Å². The lowest BCUT2D eigenvalue weighted by Gasteiger charge is -2.26. The Kier molecular flexibility index (Phi) is 3.55. The van der Waals surface area contributed by atoms with Crippen molar-refractivity contribution in [1.82, 2.24) is 4.98 Å². The Labute approximate surface area is 133 Å². The lowest BCUT2D eigenvalue weighted by atomic mass is 10.1. The molecule has 1 unspecified atom stereocenters. The summed E-state index contributed by atoms with van der Waals surface area (Å²) in [6.07, 6.45) is 1.38. The van der Waals surface area contributed by atoms with Crippen LogP contribution in [0.4, 0.5) is 0 Å². The number of aromatic nitrogens is 1. The number of methoxy groups -OCH3 is 2. The van der Waals surface area contributed by atoms with Crippen LogP contribution in [0.5, 0.6) is 11.5 Å². The molecule has 0 amide bonds. The molecule has 6 nitrogen and oxygen atoms in total. The molecule has 0 bridgehead atoms. The van der Waals surface area contributed by atoms with Gasteiger partial charge < -0.3 is 23.7 Å². The number of nitrogens with zero attached hydrogens (tertiary/aromatic N) is 1. The van der Waals surface area contributed by atoms with Crippen LogP contribution in [0, 0.1) is 0 Å². The van der Waals surface area contributed by atoms with Gasteiger partial charge >= 0.3 is 0 Å². The molecule has 2 aliphatic heterocycles. The van der Waals surface area contributed by atoms with E-state index in [1.165, 1.54) is 0 Å². The van der Waals surface area contributed by atoms with Crippen LogP contribution in [-0.4, -0.2) is 39.0 Å². The molecule has 0 N–H and O–H groups in total. The molecule has 0 fully saturated rings. The fourth-order valence-electron chi connectivity index (χ4n) is 2.83. The Hall–Kier alpha value is -2.31. The number of pyridine rings is 1. The molecule has 4 rings (SSSR count). The van der Waals surface area contributed by atoms with E-state index in [0.29, 0.717) is 25.6 Å². The minimum Gasteiger partial charge on any atom is -0.486 e. The van der Waals surface area contributed by atoms with Gasteiger partial charge in [-0.05, 0) is 12.1 Å². The van der Waals surface area contributed by atoms with Crippen LogP contribution in [-0.2, 0) is 14.2 Å². The SMILES string of the molecule is COCC1=Cc2nc3cc4c(cc3cc2C(OC)O1)OCCO4. The topological polar surface area (TPSA) is 59.0 Å². The van der Waals surface area contributed by atoms with Gasteiger partial charge in [-0.1, -0.05) is 0 Å². The molecule has 0 saturated carbocycles. The first-order chi connectivity index (χ1) is 11.3. The highest BCUT2D eigenvalue weighted by Gasteiger charge is 2.25. The lowest BCUT2D eigenvalue weighted by molar-refractivity contribution is -0.107. The first kappa shape index (κ1) is 14.3. The minimum absolute atomic E-state index is 0.375. The molecule has 2 aromatic rings. The molecule has 1 atom stereocenters. The molecule has 2 aliphatic rings. The van der Waals surface area contributed by atoms with Gasteiger partial charge in [-0.25, -0.2) is 4.98 Å². The highest BCUT2D eigenvalue weighted by Crippen LogP contribution is 2.38. The number of ether oxygens (including phenoxy) is 5. The number of hydrogen-bond acceptors (Lipinski definition) is 6. The predicted molar refractivity (Wildman–Crippen MR) is 83.4 cm³/mol. The summed E-state index contributed by atoms with van der Waals surface area (Å²) < 4.78 is 27.6. The van der Waals surface area contributed by atoms with Gasteiger partial charge in [0, 0.05) is 37.3 Å². The van der Waals surface area contributed by atoms with Crippen LogP contribution in [0.2, 0.25) is 0 Å². The number of rotatable bonds is 3. The summed E-state index contributed by atoms with van der Waals surface area (Å²) in [5.41, 5.74) is 2.55.